The summed E-state index contributed by atoms with van der Waals surface area (Å²) in [6, 6.07) is 7.53. The average molecular weight is 408 g/mol. The highest BCUT2D eigenvalue weighted by Crippen LogP contribution is 2.51. The summed E-state index contributed by atoms with van der Waals surface area (Å²) in [6.45, 7) is 7.33. The number of benzene rings is 1. The Hall–Kier alpha value is -3.42. The van der Waals surface area contributed by atoms with E-state index in [1.54, 1.807) is 24.3 Å². The highest BCUT2D eigenvalue weighted by atomic mass is 16.6. The number of hydrogen-bond donors (Lipinski definition) is 0. The summed E-state index contributed by atoms with van der Waals surface area (Å²) in [6.07, 6.45) is 6.49. The molecule has 4 rings (SSSR count). The first-order chi connectivity index (χ1) is 14.3. The Morgan fingerprint density at radius 2 is 2.00 bits per heavy atom. The zero-order chi connectivity index (χ0) is 21.6. The Morgan fingerprint density at radius 3 is 2.57 bits per heavy atom. The van der Waals surface area contributed by atoms with Crippen LogP contribution in [0.15, 0.2) is 65.6 Å². The molecule has 1 aliphatic carbocycles. The van der Waals surface area contributed by atoms with E-state index in [4.69, 9.17) is 4.74 Å². The van der Waals surface area contributed by atoms with Gasteiger partial charge in [-0.05, 0) is 50.6 Å². The van der Waals surface area contributed by atoms with Gasteiger partial charge < -0.3 is 9.30 Å². The summed E-state index contributed by atoms with van der Waals surface area (Å²) in [5, 5.41) is 11.6. The molecule has 0 radical (unpaired) electrons. The summed E-state index contributed by atoms with van der Waals surface area (Å²) in [5.41, 5.74) is 2.35. The van der Waals surface area contributed by atoms with Gasteiger partial charge in [-0.2, -0.15) is 0 Å². The van der Waals surface area contributed by atoms with E-state index < -0.39 is 5.72 Å². The van der Waals surface area contributed by atoms with Crippen molar-refractivity contribution in [3.63, 3.8) is 0 Å². The molecule has 0 saturated carbocycles. The van der Waals surface area contributed by atoms with Gasteiger partial charge in [-0.25, -0.2) is 4.98 Å². The van der Waals surface area contributed by atoms with Crippen LogP contribution in [0.4, 0.5) is 5.69 Å². The molecule has 0 N–H and O–H groups in total. The lowest BCUT2D eigenvalue weighted by atomic mass is 9.78. The van der Waals surface area contributed by atoms with Crippen molar-refractivity contribution < 1.29 is 14.5 Å². The van der Waals surface area contributed by atoms with Crippen molar-refractivity contribution in [1.29, 1.82) is 0 Å². The quantitative estimate of drug-likeness (QED) is 0.423. The highest BCUT2D eigenvalue weighted by Gasteiger charge is 2.52. The number of carbonyl (C=O) groups is 1. The maximum Gasteiger partial charge on any atom is 0.253 e. The van der Waals surface area contributed by atoms with E-state index in [0.29, 0.717) is 17.7 Å². The molecule has 2 aliphatic rings. The zero-order valence-electron chi connectivity index (χ0n) is 17.4. The van der Waals surface area contributed by atoms with E-state index in [9.17, 15) is 14.9 Å². The van der Waals surface area contributed by atoms with Gasteiger partial charge in [0.25, 0.3) is 5.70 Å². The fourth-order valence-electron chi connectivity index (χ4n) is 4.62. The van der Waals surface area contributed by atoms with E-state index in [-0.39, 0.29) is 22.5 Å². The van der Waals surface area contributed by atoms with Gasteiger partial charge in [-0.15, -0.1) is 0 Å². The van der Waals surface area contributed by atoms with Gasteiger partial charge >= 0.3 is 0 Å². The Balaban J connectivity index is 1.66. The van der Waals surface area contributed by atoms with Crippen molar-refractivity contribution in [2.45, 2.75) is 39.8 Å². The van der Waals surface area contributed by atoms with Crippen LogP contribution in [0.2, 0.25) is 0 Å². The van der Waals surface area contributed by atoms with Crippen LogP contribution in [-0.4, -0.2) is 26.6 Å². The number of nitrogens with zero attached hydrogens (tertiary/aromatic N) is 4. The predicted molar refractivity (Wildman–Crippen MR) is 111 cm³/mol. The van der Waals surface area contributed by atoms with Crippen molar-refractivity contribution in [1.82, 2.24) is 9.55 Å². The number of anilines is 1. The van der Waals surface area contributed by atoms with Crippen LogP contribution in [0.1, 0.15) is 34.1 Å². The first-order valence-corrected chi connectivity index (χ1v) is 9.85. The van der Waals surface area contributed by atoms with Gasteiger partial charge in [0.05, 0.1) is 17.2 Å². The molecule has 8 nitrogen and oxygen atoms in total. The number of amides is 1. The van der Waals surface area contributed by atoms with Gasteiger partial charge in [0.1, 0.15) is 5.76 Å². The Kier molecular flexibility index (Phi) is 4.72. The number of allylic oxidation sites excluding steroid dienone is 4. The average Bonchev–Trinajstić information content (AvgIpc) is 3.36. The zero-order valence-corrected chi connectivity index (χ0v) is 17.4. The lowest BCUT2D eigenvalue weighted by molar-refractivity contribution is -0.436. The van der Waals surface area contributed by atoms with Crippen LogP contribution >= 0.6 is 0 Å². The molecule has 2 aromatic rings. The van der Waals surface area contributed by atoms with E-state index in [1.807, 2.05) is 55.8 Å². The maximum absolute atomic E-state index is 12.1. The third kappa shape index (κ3) is 2.99. The molecule has 1 fully saturated rings. The molecule has 156 valence electrons. The molecule has 1 aromatic heterocycles. The largest absolute Gasteiger partial charge is 0.472 e. The van der Waals surface area contributed by atoms with E-state index >= 15 is 0 Å². The van der Waals surface area contributed by atoms with Crippen LogP contribution in [0.3, 0.4) is 0 Å². The number of imidazole rings is 1. The summed E-state index contributed by atoms with van der Waals surface area (Å²) in [7, 11) is 0. The van der Waals surface area contributed by atoms with Gasteiger partial charge in [0, 0.05) is 41.7 Å². The molecule has 0 spiro atoms. The minimum Gasteiger partial charge on any atom is -0.472 e. The number of hydrogen-bond acceptors (Lipinski definition) is 5. The number of carbonyl (C=O) groups excluding carboxylic acids is 1. The molecule has 2 heterocycles. The monoisotopic (exact) mass is 408 g/mol. The Labute approximate surface area is 174 Å². The summed E-state index contributed by atoms with van der Waals surface area (Å²) >= 11 is 0. The van der Waals surface area contributed by atoms with Crippen LogP contribution in [0.25, 0.3) is 5.69 Å². The second-order valence-corrected chi connectivity index (χ2v) is 8.09. The molecule has 30 heavy (non-hydrogen) atoms. The number of rotatable bonds is 5. The smallest absolute Gasteiger partial charge is 0.253 e. The number of ether oxygens (including phenoxy) is 1. The van der Waals surface area contributed by atoms with Crippen LogP contribution < -0.4 is 4.90 Å². The van der Waals surface area contributed by atoms with Crippen molar-refractivity contribution >= 4 is 12.1 Å². The summed E-state index contributed by atoms with van der Waals surface area (Å²) in [5.74, 6) is 0.305. The normalized spacial score (nSPS) is 25.7. The van der Waals surface area contributed by atoms with Crippen molar-refractivity contribution in [3.8, 4) is 5.69 Å². The molecule has 1 saturated heterocycles. The summed E-state index contributed by atoms with van der Waals surface area (Å²) in [4.78, 5) is 29.1. The van der Waals surface area contributed by atoms with Crippen LogP contribution in [-0.2, 0) is 9.53 Å². The molecule has 1 amide bonds. The van der Waals surface area contributed by atoms with E-state index in [0.717, 1.165) is 23.4 Å². The van der Waals surface area contributed by atoms with Crippen molar-refractivity contribution in [2.24, 2.45) is 11.8 Å². The molecule has 0 bridgehead atoms. The molecular weight excluding hydrogens is 384 g/mol. The predicted octanol–water partition coefficient (Wildman–Crippen LogP) is 4.06. The second-order valence-electron chi connectivity index (χ2n) is 8.09. The van der Waals surface area contributed by atoms with E-state index in [2.05, 4.69) is 4.98 Å². The molecule has 1 aromatic carbocycles. The SMILES string of the molecule is CC1=C2OC(C)(N(C=O)c3ccc(-n4ccnc4)cc3)CC2C(C)C([N+](=O)[O-])=C1C. The van der Waals surface area contributed by atoms with Crippen molar-refractivity contribution in [3.05, 3.63) is 75.7 Å². The van der Waals surface area contributed by atoms with Gasteiger partial charge in [-0.1, -0.05) is 6.92 Å². The first-order valence-electron chi connectivity index (χ1n) is 9.85. The third-order valence-electron chi connectivity index (χ3n) is 6.36. The number of nitro groups is 1. The molecule has 1 aliphatic heterocycles. The van der Waals surface area contributed by atoms with Crippen molar-refractivity contribution in [2.75, 3.05) is 4.90 Å². The molecule has 3 atom stereocenters. The van der Waals surface area contributed by atoms with Gasteiger partial charge in [0.2, 0.25) is 6.41 Å². The topological polar surface area (TPSA) is 90.5 Å². The second kappa shape index (κ2) is 7.12. The number of fused-ring (bicyclic) bond motifs is 1. The highest BCUT2D eigenvalue weighted by molar-refractivity contribution is 5.77. The molecular formula is C22H24N4O4. The van der Waals surface area contributed by atoms with E-state index in [1.165, 1.54) is 0 Å². The minimum atomic E-state index is -0.930. The first kappa shape index (κ1) is 19.9. The standard InChI is InChI=1S/C22H24N4O4/c1-14-15(2)21-19(16(3)20(14)26(28)29)11-22(4,30-21)25(13-27)18-7-5-17(6-8-18)24-10-9-23-12-24/h5-10,12-13,16,19H,11H2,1-4H3. The third-order valence-corrected chi connectivity index (χ3v) is 6.36. The fraction of sp³-hybridized carbons (Fsp3) is 0.364. The van der Waals surface area contributed by atoms with Crippen LogP contribution in [0.5, 0.6) is 0 Å². The lowest BCUT2D eigenvalue weighted by Crippen LogP contribution is -2.45. The number of aromatic nitrogens is 2. The lowest BCUT2D eigenvalue weighted by Gasteiger charge is -2.34. The molecule has 3 unspecified atom stereocenters. The maximum atomic E-state index is 12.1. The van der Waals surface area contributed by atoms with Gasteiger partial charge in [0.15, 0.2) is 5.72 Å². The minimum absolute atomic E-state index is 0.147. The van der Waals surface area contributed by atoms with Crippen LogP contribution in [0, 0.1) is 22.0 Å². The van der Waals surface area contributed by atoms with Gasteiger partial charge in [-0.3, -0.25) is 19.8 Å². The Morgan fingerprint density at radius 1 is 1.30 bits per heavy atom. The fourth-order valence-corrected chi connectivity index (χ4v) is 4.62. The molecule has 8 heteroatoms. The summed E-state index contributed by atoms with van der Waals surface area (Å²) < 4.78 is 8.22. The Bertz CT molecular complexity index is 1060.